The monoisotopic (exact) mass is 364 g/mol. The molecule has 0 heterocycles. The van der Waals surface area contributed by atoms with Gasteiger partial charge in [0.05, 0.1) is 0 Å². The third-order valence-electron chi connectivity index (χ3n) is 9.20. The molecule has 0 aromatic carbocycles. The minimum atomic E-state index is -2.79. The van der Waals surface area contributed by atoms with Crippen LogP contribution in [-0.2, 0) is 4.79 Å². The van der Waals surface area contributed by atoms with E-state index in [0.717, 1.165) is 24.2 Å². The number of alkyl halides is 2. The number of hydrogen-bond donors (Lipinski definition) is 0. The largest absolute Gasteiger partial charge is 0.295 e. The van der Waals surface area contributed by atoms with Gasteiger partial charge in [-0.05, 0) is 92.3 Å². The summed E-state index contributed by atoms with van der Waals surface area (Å²) in [5, 5.41) is 0. The van der Waals surface area contributed by atoms with Crippen LogP contribution in [0.15, 0.2) is 11.6 Å². The predicted octanol–water partition coefficient (Wildman–Crippen LogP) is 6.57. The molecule has 0 bridgehead atoms. The molecule has 0 amide bonds. The Balaban J connectivity index is 1.51. The van der Waals surface area contributed by atoms with Gasteiger partial charge in [0.15, 0.2) is 5.78 Å². The van der Waals surface area contributed by atoms with Crippen molar-refractivity contribution in [3.05, 3.63) is 11.6 Å². The van der Waals surface area contributed by atoms with E-state index in [4.69, 9.17) is 0 Å². The van der Waals surface area contributed by atoms with Crippen LogP contribution in [0.25, 0.3) is 0 Å². The first-order valence-electron chi connectivity index (χ1n) is 10.9. The van der Waals surface area contributed by atoms with Crippen LogP contribution in [0, 0.1) is 34.5 Å². The van der Waals surface area contributed by atoms with Crippen LogP contribution in [0.1, 0.15) is 84.5 Å². The van der Waals surface area contributed by atoms with Crippen molar-refractivity contribution < 1.29 is 13.6 Å². The molecule has 0 saturated heterocycles. The SMILES string of the molecule is C[C@]12CC[C@H]3[C@@H](CC=C4CCCC[C@@]43C)[C@@H]1CC[C@@H]2CCC(=O)C(F)F. The molecule has 1 nitrogen and oxygen atoms in total. The van der Waals surface area contributed by atoms with Crippen molar-refractivity contribution >= 4 is 5.78 Å². The molecule has 0 aromatic heterocycles. The number of fused-ring (bicyclic) bond motifs is 5. The summed E-state index contributed by atoms with van der Waals surface area (Å²) in [7, 11) is 0. The summed E-state index contributed by atoms with van der Waals surface area (Å²) in [6.45, 7) is 4.95. The van der Waals surface area contributed by atoms with Gasteiger partial charge in [-0.15, -0.1) is 0 Å². The van der Waals surface area contributed by atoms with Crippen LogP contribution in [0.4, 0.5) is 8.78 Å². The molecule has 3 saturated carbocycles. The number of Topliss-reactive ketones (excluding diaryl/α,β-unsaturated/α-hetero) is 1. The van der Waals surface area contributed by atoms with Crippen molar-refractivity contribution in [2.24, 2.45) is 34.5 Å². The van der Waals surface area contributed by atoms with Crippen LogP contribution in [0.3, 0.4) is 0 Å². The maximum Gasteiger partial charge on any atom is 0.295 e. The number of carbonyl (C=O) groups is 1. The Hall–Kier alpha value is -0.730. The Labute approximate surface area is 157 Å². The van der Waals surface area contributed by atoms with Crippen molar-refractivity contribution in [3.63, 3.8) is 0 Å². The van der Waals surface area contributed by atoms with E-state index in [1.54, 1.807) is 5.57 Å². The lowest BCUT2D eigenvalue weighted by Gasteiger charge is -2.57. The zero-order valence-corrected chi connectivity index (χ0v) is 16.4. The lowest BCUT2D eigenvalue weighted by atomic mass is 9.47. The van der Waals surface area contributed by atoms with Gasteiger partial charge in [-0.3, -0.25) is 4.79 Å². The van der Waals surface area contributed by atoms with Crippen molar-refractivity contribution in [3.8, 4) is 0 Å². The number of allylic oxidation sites excluding steroid dienone is 2. The summed E-state index contributed by atoms with van der Waals surface area (Å²) in [6.07, 6.45) is 12.1. The lowest BCUT2D eigenvalue weighted by Crippen LogP contribution is -2.49. The van der Waals surface area contributed by atoms with E-state index in [0.29, 0.717) is 17.8 Å². The molecule has 0 unspecified atom stereocenters. The first kappa shape index (κ1) is 18.6. The summed E-state index contributed by atoms with van der Waals surface area (Å²) >= 11 is 0. The van der Waals surface area contributed by atoms with Crippen molar-refractivity contribution in [2.75, 3.05) is 0 Å². The minimum Gasteiger partial charge on any atom is -0.293 e. The van der Waals surface area contributed by atoms with E-state index < -0.39 is 12.2 Å². The first-order valence-corrected chi connectivity index (χ1v) is 10.9. The van der Waals surface area contributed by atoms with Gasteiger partial charge in [-0.25, -0.2) is 8.78 Å². The molecule has 0 N–H and O–H groups in total. The molecule has 0 aromatic rings. The number of halogens is 2. The third kappa shape index (κ3) is 2.79. The van der Waals surface area contributed by atoms with Crippen LogP contribution in [-0.4, -0.2) is 12.2 Å². The second-order valence-corrected chi connectivity index (χ2v) is 10.1. The molecule has 4 rings (SSSR count). The Bertz CT molecular complexity index is 597. The minimum absolute atomic E-state index is 0.0699. The van der Waals surface area contributed by atoms with E-state index in [-0.39, 0.29) is 11.8 Å². The average Bonchev–Trinajstić information content (AvgIpc) is 2.95. The van der Waals surface area contributed by atoms with Crippen molar-refractivity contribution in [1.82, 2.24) is 0 Å². The van der Waals surface area contributed by atoms with Gasteiger partial charge in [0.1, 0.15) is 0 Å². The van der Waals surface area contributed by atoms with Gasteiger partial charge in [-0.2, -0.15) is 0 Å². The predicted molar refractivity (Wildman–Crippen MR) is 100 cm³/mol. The zero-order chi connectivity index (χ0) is 18.5. The standard InChI is InChI=1S/C23H34F2O/c1-22-13-4-3-5-15(22)6-9-17-18-10-7-16(8-11-20(26)21(24)25)23(18,2)14-12-19(17)22/h6,16-19,21H,3-5,7-14H2,1-2H3/t16-,17+,18+,19+,22+,23-/m1/s1. The maximum atomic E-state index is 12.6. The van der Waals surface area contributed by atoms with Crippen LogP contribution < -0.4 is 0 Å². The van der Waals surface area contributed by atoms with Crippen LogP contribution in [0.5, 0.6) is 0 Å². The molecular formula is C23H34F2O. The summed E-state index contributed by atoms with van der Waals surface area (Å²) in [5.41, 5.74) is 2.43. The highest BCUT2D eigenvalue weighted by Crippen LogP contribution is 2.66. The molecule has 146 valence electrons. The average molecular weight is 365 g/mol. The van der Waals surface area contributed by atoms with E-state index in [2.05, 4.69) is 19.9 Å². The molecule has 0 radical (unpaired) electrons. The Morgan fingerprint density at radius 1 is 1.15 bits per heavy atom. The van der Waals surface area contributed by atoms with Gasteiger partial charge in [0, 0.05) is 6.42 Å². The van der Waals surface area contributed by atoms with Crippen molar-refractivity contribution in [1.29, 1.82) is 0 Å². The van der Waals surface area contributed by atoms with E-state index in [1.807, 2.05) is 0 Å². The summed E-state index contributed by atoms with van der Waals surface area (Å²) in [5.74, 6) is 1.93. The Kier molecular flexibility index (Phi) is 4.80. The van der Waals surface area contributed by atoms with Gasteiger partial charge < -0.3 is 0 Å². The fourth-order valence-corrected chi connectivity index (χ4v) is 7.71. The van der Waals surface area contributed by atoms with Crippen LogP contribution >= 0.6 is 0 Å². The Morgan fingerprint density at radius 3 is 2.73 bits per heavy atom. The number of carbonyl (C=O) groups excluding carboxylic acids is 1. The molecule has 0 spiro atoms. The number of hydrogen-bond acceptors (Lipinski definition) is 1. The fourth-order valence-electron chi connectivity index (χ4n) is 7.71. The quantitative estimate of drug-likeness (QED) is 0.516. The third-order valence-corrected chi connectivity index (χ3v) is 9.20. The van der Waals surface area contributed by atoms with Crippen molar-refractivity contribution in [2.45, 2.75) is 90.9 Å². The molecule has 3 fully saturated rings. The van der Waals surface area contributed by atoms with Crippen LogP contribution in [0.2, 0.25) is 0 Å². The summed E-state index contributed by atoms with van der Waals surface area (Å²) < 4.78 is 25.2. The molecule has 4 aliphatic carbocycles. The van der Waals surface area contributed by atoms with E-state index in [9.17, 15) is 13.6 Å². The Morgan fingerprint density at radius 2 is 1.96 bits per heavy atom. The van der Waals surface area contributed by atoms with Gasteiger partial charge in [0.25, 0.3) is 6.43 Å². The smallest absolute Gasteiger partial charge is 0.293 e. The summed E-state index contributed by atoms with van der Waals surface area (Å²) in [4.78, 5) is 11.4. The number of ketones is 1. The normalized spacial score (nSPS) is 44.9. The van der Waals surface area contributed by atoms with E-state index in [1.165, 1.54) is 51.4 Å². The maximum absolute atomic E-state index is 12.6. The highest BCUT2D eigenvalue weighted by molar-refractivity contribution is 5.81. The topological polar surface area (TPSA) is 17.1 Å². The molecule has 0 aliphatic heterocycles. The molecule has 3 heteroatoms. The number of rotatable bonds is 4. The highest BCUT2D eigenvalue weighted by Gasteiger charge is 2.57. The summed E-state index contributed by atoms with van der Waals surface area (Å²) in [6, 6.07) is 0. The van der Waals surface area contributed by atoms with Gasteiger partial charge >= 0.3 is 0 Å². The molecule has 4 aliphatic rings. The van der Waals surface area contributed by atoms with E-state index >= 15 is 0 Å². The second-order valence-electron chi connectivity index (χ2n) is 10.1. The fraction of sp³-hybridized carbons (Fsp3) is 0.870. The van der Waals surface area contributed by atoms with Gasteiger partial charge in [-0.1, -0.05) is 31.9 Å². The second kappa shape index (κ2) is 6.71. The first-order chi connectivity index (χ1) is 12.4. The van der Waals surface area contributed by atoms with Gasteiger partial charge in [0.2, 0.25) is 0 Å². The molecule has 26 heavy (non-hydrogen) atoms. The molecule has 6 atom stereocenters. The lowest BCUT2D eigenvalue weighted by molar-refractivity contribution is -0.130. The highest BCUT2D eigenvalue weighted by atomic mass is 19.3. The molecular weight excluding hydrogens is 330 g/mol. The zero-order valence-electron chi connectivity index (χ0n) is 16.4.